The maximum Gasteiger partial charge on any atom is 0.250 e. The van der Waals surface area contributed by atoms with Gasteiger partial charge in [-0.25, -0.2) is 13.4 Å². The smallest absolute Gasteiger partial charge is 0.250 e. The average Bonchev–Trinajstić information content (AvgIpc) is 2.61. The summed E-state index contributed by atoms with van der Waals surface area (Å²) in [5, 5.41) is 2.69. The summed E-state index contributed by atoms with van der Waals surface area (Å²) in [6.45, 7) is 4.14. The second-order valence-electron chi connectivity index (χ2n) is 5.94. The molecule has 1 aliphatic heterocycles. The van der Waals surface area contributed by atoms with Gasteiger partial charge in [-0.15, -0.1) is 0 Å². The quantitative estimate of drug-likeness (QED) is 0.732. The van der Waals surface area contributed by atoms with Crippen LogP contribution in [0.1, 0.15) is 19.8 Å². The minimum absolute atomic E-state index is 0.00375. The highest BCUT2D eigenvalue weighted by Gasteiger charge is 2.26. The van der Waals surface area contributed by atoms with Gasteiger partial charge in [0.15, 0.2) is 0 Å². The van der Waals surface area contributed by atoms with E-state index in [-0.39, 0.29) is 18.3 Å². The molecule has 0 bridgehead atoms. The SMILES string of the molecule is CCCCS(=O)(=O)N1CCN(c2ccc(NC(=O)COC)cn2)CC1. The Balaban J connectivity index is 1.89. The van der Waals surface area contributed by atoms with Crippen molar-refractivity contribution in [1.82, 2.24) is 9.29 Å². The zero-order valence-corrected chi connectivity index (χ0v) is 15.6. The summed E-state index contributed by atoms with van der Waals surface area (Å²) in [7, 11) is -1.69. The zero-order valence-electron chi connectivity index (χ0n) is 14.8. The Bertz CT molecular complexity index is 655. The van der Waals surface area contributed by atoms with Crippen LogP contribution in [0.2, 0.25) is 0 Å². The van der Waals surface area contributed by atoms with Crippen LogP contribution in [0.15, 0.2) is 18.3 Å². The molecular weight excluding hydrogens is 344 g/mol. The van der Waals surface area contributed by atoms with E-state index in [0.717, 1.165) is 12.2 Å². The first kappa shape index (κ1) is 19.6. The predicted molar refractivity (Wildman–Crippen MR) is 97.2 cm³/mol. The van der Waals surface area contributed by atoms with E-state index in [0.29, 0.717) is 38.3 Å². The van der Waals surface area contributed by atoms with Gasteiger partial charge in [-0.1, -0.05) is 13.3 Å². The van der Waals surface area contributed by atoms with Gasteiger partial charge in [0.25, 0.3) is 0 Å². The topological polar surface area (TPSA) is 91.8 Å². The van der Waals surface area contributed by atoms with E-state index in [1.807, 2.05) is 17.9 Å². The standard InChI is InChI=1S/C16H26N4O4S/c1-3-4-11-25(22,23)20-9-7-19(8-10-20)15-6-5-14(12-17-15)18-16(21)13-24-2/h5-6,12H,3-4,7-11,13H2,1-2H3,(H,18,21). The van der Waals surface area contributed by atoms with Crippen LogP contribution in [0.25, 0.3) is 0 Å². The van der Waals surface area contributed by atoms with Crippen LogP contribution in [0.4, 0.5) is 11.5 Å². The van der Waals surface area contributed by atoms with Gasteiger partial charge in [0.1, 0.15) is 12.4 Å². The molecule has 0 aliphatic carbocycles. The number of hydrogen-bond acceptors (Lipinski definition) is 6. The molecule has 2 heterocycles. The van der Waals surface area contributed by atoms with Crippen LogP contribution in [-0.2, 0) is 19.6 Å². The Morgan fingerprint density at radius 2 is 2.00 bits per heavy atom. The van der Waals surface area contributed by atoms with Gasteiger partial charge in [0.05, 0.1) is 17.6 Å². The summed E-state index contributed by atoms with van der Waals surface area (Å²) in [6.07, 6.45) is 3.16. The van der Waals surface area contributed by atoms with Gasteiger partial charge in [-0.2, -0.15) is 4.31 Å². The number of methoxy groups -OCH3 is 1. The molecule has 8 nitrogen and oxygen atoms in total. The number of unbranched alkanes of at least 4 members (excludes halogenated alkanes) is 1. The molecule has 1 fully saturated rings. The second kappa shape index (κ2) is 9.12. The molecule has 0 radical (unpaired) electrons. The molecule has 25 heavy (non-hydrogen) atoms. The summed E-state index contributed by atoms with van der Waals surface area (Å²) < 4.78 is 30.8. The van der Waals surface area contributed by atoms with Crippen LogP contribution >= 0.6 is 0 Å². The summed E-state index contributed by atoms with van der Waals surface area (Å²) in [6, 6.07) is 3.60. The van der Waals surface area contributed by atoms with Crippen LogP contribution in [-0.4, -0.2) is 69.3 Å². The Hall–Kier alpha value is -1.71. The first-order valence-corrected chi connectivity index (χ1v) is 10.0. The molecule has 0 aromatic carbocycles. The first-order valence-electron chi connectivity index (χ1n) is 8.44. The third kappa shape index (κ3) is 5.65. The van der Waals surface area contributed by atoms with E-state index in [9.17, 15) is 13.2 Å². The Morgan fingerprint density at radius 1 is 1.28 bits per heavy atom. The van der Waals surface area contributed by atoms with Crippen molar-refractivity contribution in [2.75, 3.05) is 55.9 Å². The maximum atomic E-state index is 12.2. The third-order valence-electron chi connectivity index (χ3n) is 4.02. The molecule has 0 atom stereocenters. The molecule has 1 aromatic rings. The largest absolute Gasteiger partial charge is 0.375 e. The molecule has 0 spiro atoms. The van der Waals surface area contributed by atoms with E-state index in [1.54, 1.807) is 16.6 Å². The van der Waals surface area contributed by atoms with Crippen LogP contribution in [0.5, 0.6) is 0 Å². The number of carbonyl (C=O) groups is 1. The fourth-order valence-electron chi connectivity index (χ4n) is 2.63. The number of anilines is 2. The van der Waals surface area contributed by atoms with Gasteiger partial charge in [0.2, 0.25) is 15.9 Å². The second-order valence-corrected chi connectivity index (χ2v) is 8.03. The van der Waals surface area contributed by atoms with Gasteiger partial charge in [0, 0.05) is 33.3 Å². The van der Waals surface area contributed by atoms with E-state index in [4.69, 9.17) is 4.74 Å². The Kier molecular flexibility index (Phi) is 7.15. The van der Waals surface area contributed by atoms with Gasteiger partial charge >= 0.3 is 0 Å². The molecule has 9 heteroatoms. The van der Waals surface area contributed by atoms with Gasteiger partial charge in [-0.05, 0) is 18.6 Å². The average molecular weight is 370 g/mol. The highest BCUT2D eigenvalue weighted by atomic mass is 32.2. The van der Waals surface area contributed by atoms with Crippen molar-refractivity contribution in [2.24, 2.45) is 0 Å². The number of amides is 1. The molecule has 140 valence electrons. The Labute approximate surface area is 149 Å². The maximum absolute atomic E-state index is 12.2. The minimum Gasteiger partial charge on any atom is -0.375 e. The number of hydrogen-bond donors (Lipinski definition) is 1. The number of nitrogens with one attached hydrogen (secondary N) is 1. The van der Waals surface area contributed by atoms with Crippen molar-refractivity contribution >= 4 is 27.4 Å². The minimum atomic E-state index is -3.15. The Morgan fingerprint density at radius 3 is 2.56 bits per heavy atom. The van der Waals surface area contributed by atoms with Crippen LogP contribution < -0.4 is 10.2 Å². The molecule has 1 aliphatic rings. The summed E-state index contributed by atoms with van der Waals surface area (Å²) in [5.74, 6) is 0.760. The highest BCUT2D eigenvalue weighted by molar-refractivity contribution is 7.89. The van der Waals surface area contributed by atoms with E-state index in [2.05, 4.69) is 10.3 Å². The summed E-state index contributed by atoms with van der Waals surface area (Å²) in [4.78, 5) is 17.9. The fourth-order valence-corrected chi connectivity index (χ4v) is 4.26. The number of aromatic nitrogens is 1. The number of ether oxygens (including phenoxy) is 1. The predicted octanol–water partition coefficient (Wildman–Crippen LogP) is 0.918. The first-order chi connectivity index (χ1) is 12.0. The molecule has 2 rings (SSSR count). The van der Waals surface area contributed by atoms with Crippen molar-refractivity contribution in [2.45, 2.75) is 19.8 Å². The number of carbonyl (C=O) groups excluding carboxylic acids is 1. The fraction of sp³-hybridized carbons (Fsp3) is 0.625. The van der Waals surface area contributed by atoms with E-state index < -0.39 is 10.0 Å². The third-order valence-corrected chi connectivity index (χ3v) is 5.98. The lowest BCUT2D eigenvalue weighted by Gasteiger charge is -2.34. The molecule has 1 aromatic heterocycles. The zero-order chi connectivity index (χ0) is 18.3. The van der Waals surface area contributed by atoms with Gasteiger partial charge in [-0.3, -0.25) is 4.79 Å². The van der Waals surface area contributed by atoms with Gasteiger partial charge < -0.3 is 15.0 Å². The summed E-state index contributed by atoms with van der Waals surface area (Å²) in [5.41, 5.74) is 0.603. The highest BCUT2D eigenvalue weighted by Crippen LogP contribution is 2.18. The van der Waals surface area contributed by atoms with Crippen LogP contribution in [0.3, 0.4) is 0 Å². The molecule has 1 N–H and O–H groups in total. The lowest BCUT2D eigenvalue weighted by atomic mass is 10.3. The number of sulfonamides is 1. The van der Waals surface area contributed by atoms with Crippen molar-refractivity contribution < 1.29 is 17.9 Å². The molecule has 1 amide bonds. The van der Waals surface area contributed by atoms with E-state index >= 15 is 0 Å². The lowest BCUT2D eigenvalue weighted by molar-refractivity contribution is -0.119. The number of pyridine rings is 1. The van der Waals surface area contributed by atoms with Crippen molar-refractivity contribution in [1.29, 1.82) is 0 Å². The number of rotatable bonds is 8. The monoisotopic (exact) mass is 370 g/mol. The number of nitrogens with zero attached hydrogens (tertiary/aromatic N) is 3. The van der Waals surface area contributed by atoms with Crippen LogP contribution in [0, 0.1) is 0 Å². The van der Waals surface area contributed by atoms with Crippen molar-refractivity contribution in [3.05, 3.63) is 18.3 Å². The normalized spacial score (nSPS) is 16.0. The molecular formula is C16H26N4O4S. The number of piperazine rings is 1. The lowest BCUT2D eigenvalue weighted by Crippen LogP contribution is -2.49. The molecule has 0 unspecified atom stereocenters. The van der Waals surface area contributed by atoms with Crippen molar-refractivity contribution in [3.63, 3.8) is 0 Å². The summed E-state index contributed by atoms with van der Waals surface area (Å²) >= 11 is 0. The van der Waals surface area contributed by atoms with E-state index in [1.165, 1.54) is 7.11 Å². The van der Waals surface area contributed by atoms with Crippen molar-refractivity contribution in [3.8, 4) is 0 Å². The molecule has 0 saturated carbocycles. The molecule has 1 saturated heterocycles.